The second-order valence-electron chi connectivity index (χ2n) is 15.0. The minimum atomic E-state index is -4.60. The molecule has 0 saturated heterocycles. The van der Waals surface area contributed by atoms with Crippen molar-refractivity contribution in [1.29, 1.82) is 0 Å². The molecule has 0 heterocycles. The SMILES string of the molecule is [CH3][Ti]([CH3])([CH3])([CH3])([CH3])([CH2]c1ccccc1)([CH2]c1ccccc1)[C]1=CC=CC1. The molecular weight excluding hydrogens is 336 g/mol. The van der Waals surface area contributed by atoms with Crippen molar-refractivity contribution in [3.05, 3.63) is 93.9 Å². The van der Waals surface area contributed by atoms with E-state index in [0.29, 0.717) is 0 Å². The summed E-state index contributed by atoms with van der Waals surface area (Å²) in [5.41, 5.74) is 2.90. The minimum absolute atomic E-state index is 1.08. The first-order valence-corrected chi connectivity index (χ1v) is 20.5. The van der Waals surface area contributed by atoms with Gasteiger partial charge in [0, 0.05) is 0 Å². The standard InChI is InChI=1S/2C7H7.C5H5.5CH3.Ti/c2*1-7-5-3-2-4-6-7;1-2-4-5-3-1;;;;;;/h2*2-6H,1H2;1-3H,4H2;5*1H3;. The quantitative estimate of drug-likeness (QED) is 0.472. The molecule has 0 N–H and O–H groups in total. The van der Waals surface area contributed by atoms with E-state index in [1.54, 1.807) is 3.88 Å². The molecule has 1 aliphatic carbocycles. The summed E-state index contributed by atoms with van der Waals surface area (Å²) in [4.78, 5) is 0. The summed E-state index contributed by atoms with van der Waals surface area (Å²) in [6.45, 7) is 0. The molecule has 3 rings (SSSR count). The van der Waals surface area contributed by atoms with Crippen LogP contribution in [0.15, 0.2) is 82.8 Å². The van der Waals surface area contributed by atoms with Crippen LogP contribution in [0.1, 0.15) is 17.5 Å². The summed E-state index contributed by atoms with van der Waals surface area (Å²) in [6, 6.07) is 22.2. The molecule has 2 aromatic carbocycles. The van der Waals surface area contributed by atoms with Crippen molar-refractivity contribution in [3.8, 4) is 0 Å². The topological polar surface area (TPSA) is 0 Å². The molecule has 0 atom stereocenters. The second-order valence-corrected chi connectivity index (χ2v) is 49.6. The Kier molecular flexibility index (Phi) is 2.93. The van der Waals surface area contributed by atoms with Crippen molar-refractivity contribution in [2.45, 2.75) is 42.0 Å². The van der Waals surface area contributed by atoms with Crippen LogP contribution in [0.3, 0.4) is 0 Å². The fourth-order valence-electron chi connectivity index (χ4n) is 5.65. The number of allylic oxidation sites excluding steroid dienone is 4. The second kappa shape index (κ2) is 3.97. The van der Waals surface area contributed by atoms with Gasteiger partial charge in [0.1, 0.15) is 0 Å². The van der Waals surface area contributed by atoms with Gasteiger partial charge >= 0.3 is 147 Å². The zero-order valence-corrected chi connectivity index (χ0v) is 18.2. The summed E-state index contributed by atoms with van der Waals surface area (Å²) in [5, 5.41) is 13.3. The van der Waals surface area contributed by atoms with Gasteiger partial charge in [-0.3, -0.25) is 0 Å². The summed E-state index contributed by atoms with van der Waals surface area (Å²) < 4.78 is 3.90. The molecule has 1 heteroatoms. The van der Waals surface area contributed by atoms with Gasteiger partial charge in [-0.15, -0.1) is 0 Å². The molecule has 25 heavy (non-hydrogen) atoms. The summed E-state index contributed by atoms with van der Waals surface area (Å²) in [6.07, 6.45) is 8.09. The van der Waals surface area contributed by atoms with Gasteiger partial charge in [0.15, 0.2) is 0 Å². The number of hydrogen-bond donors (Lipinski definition) is 0. The van der Waals surface area contributed by atoms with Crippen molar-refractivity contribution in [1.82, 2.24) is 0 Å². The van der Waals surface area contributed by atoms with Crippen LogP contribution in [0.2, 0.25) is 26.1 Å². The van der Waals surface area contributed by atoms with Crippen LogP contribution in [-0.2, 0) is 20.9 Å². The van der Waals surface area contributed by atoms with Gasteiger partial charge in [0.25, 0.3) is 0 Å². The van der Waals surface area contributed by atoms with Gasteiger partial charge in [-0.05, 0) is 0 Å². The normalized spacial score (nSPS) is 20.8. The fraction of sp³-hybridized carbons (Fsp3) is 0.333. The van der Waals surface area contributed by atoms with Gasteiger partial charge in [0.05, 0.1) is 0 Å². The Hall–Kier alpha value is -1.37. The van der Waals surface area contributed by atoms with E-state index in [-0.39, 0.29) is 0 Å². The predicted molar refractivity (Wildman–Crippen MR) is 111 cm³/mol. The van der Waals surface area contributed by atoms with E-state index in [9.17, 15) is 0 Å². The predicted octanol–water partition coefficient (Wildman–Crippen LogP) is 7.77. The Morgan fingerprint density at radius 2 is 1.12 bits per heavy atom. The number of rotatable bonds is 5. The Bertz CT molecular complexity index is 854. The number of hydrogen-bond acceptors (Lipinski definition) is 0. The molecule has 0 bridgehead atoms. The Morgan fingerprint density at radius 3 is 1.48 bits per heavy atom. The van der Waals surface area contributed by atoms with Crippen LogP contribution in [0, 0.1) is 0 Å². The molecule has 0 unspecified atom stereocenters. The van der Waals surface area contributed by atoms with Crippen LogP contribution >= 0.6 is 0 Å². The van der Waals surface area contributed by atoms with Crippen molar-refractivity contribution < 1.29 is 11.5 Å². The molecule has 1 aliphatic rings. The van der Waals surface area contributed by atoms with Crippen molar-refractivity contribution in [2.75, 3.05) is 0 Å². The summed E-state index contributed by atoms with van der Waals surface area (Å²) in [7, 11) is 0. The fourth-order valence-corrected chi connectivity index (χ4v) is 19.3. The third-order valence-corrected chi connectivity index (χ3v) is 22.3. The Morgan fingerprint density at radius 1 is 0.680 bits per heavy atom. The van der Waals surface area contributed by atoms with E-state index in [0.717, 1.165) is 15.9 Å². The van der Waals surface area contributed by atoms with Crippen molar-refractivity contribution in [2.24, 2.45) is 0 Å². The first-order chi connectivity index (χ1) is 11.2. The van der Waals surface area contributed by atoms with Gasteiger partial charge in [-0.25, -0.2) is 0 Å². The monoisotopic (exact) mass is 370 g/mol. The third-order valence-electron chi connectivity index (χ3n) is 7.12. The van der Waals surface area contributed by atoms with E-state index in [1.165, 1.54) is 11.1 Å². The molecule has 0 amide bonds. The summed E-state index contributed by atoms with van der Waals surface area (Å²) in [5.74, 6) is 0. The molecular formula is C24H34Ti. The van der Waals surface area contributed by atoms with Gasteiger partial charge < -0.3 is 0 Å². The van der Waals surface area contributed by atoms with Gasteiger partial charge in [0.2, 0.25) is 0 Å². The zero-order valence-electron chi connectivity index (χ0n) is 16.6. The first-order valence-electron chi connectivity index (χ1n) is 9.70. The molecule has 0 radical (unpaired) electrons. The van der Waals surface area contributed by atoms with Crippen LogP contribution < -0.4 is 0 Å². The Labute approximate surface area is 147 Å². The van der Waals surface area contributed by atoms with Gasteiger partial charge in [-0.2, -0.15) is 0 Å². The van der Waals surface area contributed by atoms with Crippen molar-refractivity contribution in [3.63, 3.8) is 0 Å². The first kappa shape index (κ1) is 18.4. The van der Waals surface area contributed by atoms with Crippen LogP contribution in [-0.4, -0.2) is 0 Å². The average Bonchev–Trinajstić information content (AvgIpc) is 3.03. The van der Waals surface area contributed by atoms with Crippen LogP contribution in [0.5, 0.6) is 0 Å². The molecule has 0 fully saturated rings. The van der Waals surface area contributed by atoms with E-state index >= 15 is 0 Å². The number of benzene rings is 2. The molecule has 0 saturated carbocycles. The molecule has 134 valence electrons. The van der Waals surface area contributed by atoms with Gasteiger partial charge in [-0.1, -0.05) is 0 Å². The maximum atomic E-state index is 2.66. The summed E-state index contributed by atoms with van der Waals surface area (Å²) >= 11 is -4.60. The van der Waals surface area contributed by atoms with E-state index in [2.05, 4.69) is 105 Å². The van der Waals surface area contributed by atoms with Crippen LogP contribution in [0.4, 0.5) is 0 Å². The molecule has 2 aromatic rings. The van der Waals surface area contributed by atoms with Crippen molar-refractivity contribution >= 4 is 0 Å². The molecule has 0 spiro atoms. The molecule has 0 aromatic heterocycles. The van der Waals surface area contributed by atoms with E-state index in [4.69, 9.17) is 0 Å². The van der Waals surface area contributed by atoms with E-state index < -0.39 is 11.5 Å². The van der Waals surface area contributed by atoms with Crippen LogP contribution in [0.25, 0.3) is 0 Å². The molecule has 0 nitrogen and oxygen atoms in total. The van der Waals surface area contributed by atoms with E-state index in [1.807, 2.05) is 0 Å². The average molecular weight is 370 g/mol. The Balaban J connectivity index is 2.32. The maximum absolute atomic E-state index is 4.60. The molecule has 0 aliphatic heterocycles. The third kappa shape index (κ3) is 3.35. The zero-order chi connectivity index (χ0) is 18.4.